The molecule has 0 fully saturated rings. The topological polar surface area (TPSA) is 58.6 Å². The first kappa shape index (κ1) is 22.5. The molecule has 2 amide bonds. The first-order valence-corrected chi connectivity index (χ1v) is 10.1. The zero-order chi connectivity index (χ0) is 21.4. The Morgan fingerprint density at radius 1 is 1.00 bits per heavy atom. The van der Waals surface area contributed by atoms with Crippen molar-refractivity contribution >= 4 is 12.0 Å². The van der Waals surface area contributed by atoms with Gasteiger partial charge in [-0.2, -0.15) is 0 Å². The van der Waals surface area contributed by atoms with Gasteiger partial charge in [-0.05, 0) is 38.3 Å². The summed E-state index contributed by atoms with van der Waals surface area (Å²) in [7, 11) is 1.79. The Morgan fingerprint density at radius 3 is 2.07 bits per heavy atom. The molecule has 29 heavy (non-hydrogen) atoms. The van der Waals surface area contributed by atoms with Gasteiger partial charge in [-0.25, -0.2) is 4.79 Å². The molecule has 0 spiro atoms. The standard InChI is InChI=1S/C24H32N2O3/c1-6-21(19-15-11-8-12-16-19)26(5)22(27)20(17-18-13-9-7-10-14-18)25-23(28)29-24(2,3)4/h7-16,20-21H,6,17H2,1-5H3,(H,25,28)/t20-,21?/m0/s1. The van der Waals surface area contributed by atoms with Gasteiger partial charge in [-0.3, -0.25) is 4.79 Å². The lowest BCUT2D eigenvalue weighted by Gasteiger charge is -2.32. The van der Waals surface area contributed by atoms with Crippen LogP contribution in [-0.4, -0.2) is 35.6 Å². The number of nitrogens with one attached hydrogen (secondary N) is 1. The average molecular weight is 397 g/mol. The summed E-state index contributed by atoms with van der Waals surface area (Å²) < 4.78 is 5.39. The molecule has 2 atom stereocenters. The molecular weight excluding hydrogens is 364 g/mol. The molecule has 1 N–H and O–H groups in total. The van der Waals surface area contributed by atoms with Crippen molar-refractivity contribution in [2.75, 3.05) is 7.05 Å². The molecule has 1 unspecified atom stereocenters. The van der Waals surface area contributed by atoms with Gasteiger partial charge in [0.25, 0.3) is 0 Å². The number of hydrogen-bond donors (Lipinski definition) is 1. The molecule has 5 nitrogen and oxygen atoms in total. The summed E-state index contributed by atoms with van der Waals surface area (Å²) in [5.74, 6) is -0.143. The van der Waals surface area contributed by atoms with Crippen LogP contribution < -0.4 is 5.32 Å². The van der Waals surface area contributed by atoms with Gasteiger partial charge >= 0.3 is 6.09 Å². The van der Waals surface area contributed by atoms with Crippen molar-refractivity contribution in [2.24, 2.45) is 0 Å². The summed E-state index contributed by atoms with van der Waals surface area (Å²) in [6.45, 7) is 7.45. The summed E-state index contributed by atoms with van der Waals surface area (Å²) in [5.41, 5.74) is 1.41. The molecule has 0 saturated carbocycles. The Hall–Kier alpha value is -2.82. The maximum absolute atomic E-state index is 13.4. The van der Waals surface area contributed by atoms with Crippen molar-refractivity contribution in [1.29, 1.82) is 0 Å². The molecular formula is C24H32N2O3. The quantitative estimate of drug-likeness (QED) is 0.736. The lowest BCUT2D eigenvalue weighted by molar-refractivity contribution is -0.134. The molecule has 0 aliphatic rings. The third-order valence-corrected chi connectivity index (χ3v) is 4.66. The van der Waals surface area contributed by atoms with Crippen LogP contribution in [-0.2, 0) is 16.0 Å². The number of hydrogen-bond acceptors (Lipinski definition) is 3. The first-order valence-electron chi connectivity index (χ1n) is 10.1. The number of carbonyl (C=O) groups excluding carboxylic acids is 2. The van der Waals surface area contributed by atoms with Crippen LogP contribution in [0.25, 0.3) is 0 Å². The molecule has 2 aromatic carbocycles. The van der Waals surface area contributed by atoms with Crippen molar-refractivity contribution in [3.8, 4) is 0 Å². The third kappa shape index (κ3) is 6.93. The number of benzene rings is 2. The van der Waals surface area contributed by atoms with Crippen LogP contribution in [0.1, 0.15) is 51.3 Å². The fraction of sp³-hybridized carbons (Fsp3) is 0.417. The normalized spacial score (nSPS) is 13.3. The first-order chi connectivity index (χ1) is 13.7. The highest BCUT2D eigenvalue weighted by Gasteiger charge is 2.30. The second kappa shape index (κ2) is 10.1. The Labute approximate surface area is 174 Å². The van der Waals surface area contributed by atoms with Crippen LogP contribution in [0.3, 0.4) is 0 Å². The Balaban J connectivity index is 2.23. The van der Waals surface area contributed by atoms with E-state index in [0.29, 0.717) is 6.42 Å². The van der Waals surface area contributed by atoms with Crippen LogP contribution >= 0.6 is 0 Å². The van der Waals surface area contributed by atoms with E-state index in [2.05, 4.69) is 12.2 Å². The minimum atomic E-state index is -0.713. The summed E-state index contributed by atoms with van der Waals surface area (Å²) in [5, 5.41) is 2.78. The van der Waals surface area contributed by atoms with Gasteiger partial charge in [-0.1, -0.05) is 67.6 Å². The molecule has 2 rings (SSSR count). The summed E-state index contributed by atoms with van der Waals surface area (Å²) in [4.78, 5) is 27.5. The lowest BCUT2D eigenvalue weighted by atomic mass is 10.0. The molecule has 0 saturated heterocycles. The highest BCUT2D eigenvalue weighted by molar-refractivity contribution is 5.86. The molecule has 5 heteroatoms. The van der Waals surface area contributed by atoms with E-state index < -0.39 is 17.7 Å². The van der Waals surface area contributed by atoms with Crippen LogP contribution in [0.2, 0.25) is 0 Å². The van der Waals surface area contributed by atoms with E-state index in [-0.39, 0.29) is 11.9 Å². The number of alkyl carbamates (subject to hydrolysis) is 1. The van der Waals surface area contributed by atoms with E-state index in [1.54, 1.807) is 32.7 Å². The third-order valence-electron chi connectivity index (χ3n) is 4.66. The second-order valence-corrected chi connectivity index (χ2v) is 8.17. The maximum atomic E-state index is 13.4. The van der Waals surface area contributed by atoms with Gasteiger partial charge in [0.15, 0.2) is 0 Å². The number of carbonyl (C=O) groups is 2. The maximum Gasteiger partial charge on any atom is 0.408 e. The minimum Gasteiger partial charge on any atom is -0.444 e. The minimum absolute atomic E-state index is 0.0672. The number of likely N-dealkylation sites (N-methyl/N-ethyl adjacent to an activating group) is 1. The number of rotatable bonds is 7. The van der Waals surface area contributed by atoms with Gasteiger partial charge in [0.1, 0.15) is 11.6 Å². The van der Waals surface area contributed by atoms with E-state index in [1.807, 2.05) is 60.7 Å². The van der Waals surface area contributed by atoms with Crippen molar-refractivity contribution in [1.82, 2.24) is 10.2 Å². The highest BCUT2D eigenvalue weighted by Crippen LogP contribution is 2.24. The number of amides is 2. The van der Waals surface area contributed by atoms with Crippen LogP contribution in [0, 0.1) is 0 Å². The van der Waals surface area contributed by atoms with Gasteiger partial charge in [0.2, 0.25) is 5.91 Å². The van der Waals surface area contributed by atoms with Crippen molar-refractivity contribution in [3.05, 3.63) is 71.8 Å². The van der Waals surface area contributed by atoms with Crippen LogP contribution in [0.5, 0.6) is 0 Å². The molecule has 156 valence electrons. The Kier molecular flexibility index (Phi) is 7.82. The number of nitrogens with zero attached hydrogens (tertiary/aromatic N) is 1. The molecule has 0 heterocycles. The molecule has 2 aromatic rings. The predicted molar refractivity (Wildman–Crippen MR) is 116 cm³/mol. The van der Waals surface area contributed by atoms with Crippen molar-refractivity contribution in [2.45, 2.75) is 58.2 Å². The fourth-order valence-electron chi connectivity index (χ4n) is 3.31. The average Bonchev–Trinajstić information content (AvgIpc) is 2.67. The summed E-state index contributed by atoms with van der Waals surface area (Å²) in [6.07, 6.45) is 0.582. The fourth-order valence-corrected chi connectivity index (χ4v) is 3.31. The SMILES string of the molecule is CCC(c1ccccc1)N(C)C(=O)[C@H](Cc1ccccc1)NC(=O)OC(C)(C)C. The largest absolute Gasteiger partial charge is 0.444 e. The van der Waals surface area contributed by atoms with E-state index in [0.717, 1.165) is 17.5 Å². The van der Waals surface area contributed by atoms with Crippen molar-refractivity contribution in [3.63, 3.8) is 0 Å². The van der Waals surface area contributed by atoms with Gasteiger partial charge in [0.05, 0.1) is 6.04 Å². The molecule has 0 bridgehead atoms. The van der Waals surface area contributed by atoms with Crippen molar-refractivity contribution < 1.29 is 14.3 Å². The second-order valence-electron chi connectivity index (χ2n) is 8.17. The highest BCUT2D eigenvalue weighted by atomic mass is 16.6. The Morgan fingerprint density at radius 2 is 1.55 bits per heavy atom. The zero-order valence-corrected chi connectivity index (χ0v) is 18.0. The van der Waals surface area contributed by atoms with E-state index in [4.69, 9.17) is 4.74 Å². The molecule has 0 aliphatic carbocycles. The van der Waals surface area contributed by atoms with Gasteiger partial charge in [0, 0.05) is 13.5 Å². The smallest absolute Gasteiger partial charge is 0.408 e. The van der Waals surface area contributed by atoms with Crippen LogP contribution in [0.4, 0.5) is 4.79 Å². The molecule has 0 aromatic heterocycles. The summed E-state index contributed by atoms with van der Waals surface area (Å²) >= 11 is 0. The lowest BCUT2D eigenvalue weighted by Crippen LogP contribution is -2.50. The van der Waals surface area contributed by atoms with E-state index >= 15 is 0 Å². The molecule has 0 aliphatic heterocycles. The van der Waals surface area contributed by atoms with E-state index in [1.165, 1.54) is 0 Å². The number of ether oxygens (including phenoxy) is 1. The summed E-state index contributed by atoms with van der Waals surface area (Å²) in [6, 6.07) is 18.8. The monoisotopic (exact) mass is 396 g/mol. The zero-order valence-electron chi connectivity index (χ0n) is 18.0. The van der Waals surface area contributed by atoms with Gasteiger partial charge in [-0.15, -0.1) is 0 Å². The Bertz CT molecular complexity index is 785. The van der Waals surface area contributed by atoms with Gasteiger partial charge < -0.3 is 15.0 Å². The predicted octanol–water partition coefficient (Wildman–Crippen LogP) is 4.73. The van der Waals surface area contributed by atoms with Crippen LogP contribution in [0.15, 0.2) is 60.7 Å². The van der Waals surface area contributed by atoms with E-state index in [9.17, 15) is 9.59 Å². The molecule has 0 radical (unpaired) electrons.